The second-order valence-corrected chi connectivity index (χ2v) is 6.50. The van der Waals surface area contributed by atoms with Crippen LogP contribution in [-0.2, 0) is 6.54 Å². The van der Waals surface area contributed by atoms with Gasteiger partial charge in [0, 0.05) is 27.5 Å². The summed E-state index contributed by atoms with van der Waals surface area (Å²) in [6.45, 7) is 3.22. The smallest absolute Gasteiger partial charge is 0.0636 e. The zero-order valence-electron chi connectivity index (χ0n) is 9.87. The van der Waals surface area contributed by atoms with Gasteiger partial charge in [0.05, 0.1) is 5.02 Å². The summed E-state index contributed by atoms with van der Waals surface area (Å²) in [4.78, 5) is 1.27. The van der Waals surface area contributed by atoms with Gasteiger partial charge < -0.3 is 5.32 Å². The van der Waals surface area contributed by atoms with Crippen molar-refractivity contribution < 1.29 is 0 Å². The van der Waals surface area contributed by atoms with Crippen LogP contribution >= 0.6 is 22.9 Å². The minimum absolute atomic E-state index is 0.700. The molecule has 0 bridgehead atoms. The molecule has 0 spiro atoms. The summed E-state index contributed by atoms with van der Waals surface area (Å²) in [5.41, 5.74) is 0. The Labute approximate surface area is 111 Å². The van der Waals surface area contributed by atoms with E-state index < -0.39 is 0 Å². The quantitative estimate of drug-likeness (QED) is 0.865. The first-order valence-electron chi connectivity index (χ1n) is 6.13. The molecule has 1 nitrogen and oxygen atoms in total. The number of benzene rings is 1. The zero-order chi connectivity index (χ0) is 11.8. The van der Waals surface area contributed by atoms with Crippen molar-refractivity contribution in [2.75, 3.05) is 0 Å². The van der Waals surface area contributed by atoms with E-state index in [0.29, 0.717) is 6.04 Å². The van der Waals surface area contributed by atoms with E-state index in [1.165, 1.54) is 27.8 Å². The first-order chi connectivity index (χ1) is 8.24. The third-order valence-corrected chi connectivity index (χ3v) is 5.24. The lowest BCUT2D eigenvalue weighted by Crippen LogP contribution is -2.39. The molecule has 1 heterocycles. The van der Waals surface area contributed by atoms with Crippen LogP contribution in [0.15, 0.2) is 24.3 Å². The Morgan fingerprint density at radius 1 is 1.35 bits per heavy atom. The highest BCUT2D eigenvalue weighted by molar-refractivity contribution is 7.19. The third-order valence-electron chi connectivity index (χ3n) is 3.53. The summed E-state index contributed by atoms with van der Waals surface area (Å²) in [7, 11) is 0. The molecule has 1 aromatic heterocycles. The first-order valence-corrected chi connectivity index (χ1v) is 7.33. The fraction of sp³-hybridized carbons (Fsp3) is 0.429. The molecule has 1 aliphatic rings. The average Bonchev–Trinajstić information content (AvgIpc) is 2.61. The molecule has 0 unspecified atom stereocenters. The maximum atomic E-state index is 6.40. The summed E-state index contributed by atoms with van der Waals surface area (Å²) in [5.74, 6) is 0.894. The van der Waals surface area contributed by atoms with E-state index in [4.69, 9.17) is 11.6 Å². The molecule has 0 aliphatic heterocycles. The second kappa shape index (κ2) is 4.60. The second-order valence-electron chi connectivity index (χ2n) is 4.99. The lowest BCUT2D eigenvalue weighted by Gasteiger charge is -2.33. The molecule has 1 aliphatic carbocycles. The van der Waals surface area contributed by atoms with Crippen molar-refractivity contribution >= 4 is 33.0 Å². The van der Waals surface area contributed by atoms with Crippen LogP contribution in [0.3, 0.4) is 0 Å². The number of halogens is 1. The van der Waals surface area contributed by atoms with Crippen molar-refractivity contribution in [2.45, 2.75) is 32.4 Å². The van der Waals surface area contributed by atoms with E-state index in [1.807, 2.05) is 6.07 Å². The average molecular weight is 266 g/mol. The number of nitrogens with one attached hydrogen (secondary N) is 1. The molecule has 2 aromatic rings. The van der Waals surface area contributed by atoms with Crippen molar-refractivity contribution in [3.05, 3.63) is 34.2 Å². The Balaban J connectivity index is 1.74. The molecule has 1 saturated carbocycles. The van der Waals surface area contributed by atoms with Gasteiger partial charge in [0.25, 0.3) is 0 Å². The van der Waals surface area contributed by atoms with Crippen molar-refractivity contribution in [1.29, 1.82) is 0 Å². The highest BCUT2D eigenvalue weighted by atomic mass is 35.5. The number of hydrogen-bond acceptors (Lipinski definition) is 2. The highest BCUT2D eigenvalue weighted by Crippen LogP contribution is 2.35. The summed E-state index contributed by atoms with van der Waals surface area (Å²) in [5, 5.41) is 5.72. The first kappa shape index (κ1) is 11.5. The normalized spacial score (nSPS) is 23.9. The molecule has 1 N–H and O–H groups in total. The van der Waals surface area contributed by atoms with E-state index in [9.17, 15) is 0 Å². The molecule has 1 fully saturated rings. The van der Waals surface area contributed by atoms with Gasteiger partial charge in [-0.2, -0.15) is 0 Å². The number of hydrogen-bond donors (Lipinski definition) is 1. The van der Waals surface area contributed by atoms with E-state index in [0.717, 1.165) is 17.5 Å². The largest absolute Gasteiger partial charge is 0.309 e. The Bertz CT molecular complexity index is 528. The van der Waals surface area contributed by atoms with Crippen molar-refractivity contribution in [3.63, 3.8) is 0 Å². The molecule has 0 saturated heterocycles. The molecule has 17 heavy (non-hydrogen) atoms. The van der Waals surface area contributed by atoms with Crippen molar-refractivity contribution in [3.8, 4) is 0 Å². The molecule has 3 rings (SSSR count). The van der Waals surface area contributed by atoms with Crippen LogP contribution in [-0.4, -0.2) is 6.04 Å². The summed E-state index contributed by atoms with van der Waals surface area (Å²) in [6, 6.07) is 9.06. The van der Waals surface area contributed by atoms with Crippen LogP contribution in [0.1, 0.15) is 24.6 Å². The standard InChI is InChI=1S/C14H16ClNS/c1-9-6-10(7-9)16-8-13-14(15)11-4-2-3-5-12(11)17-13/h2-5,9-10,16H,6-8H2,1H3. The van der Waals surface area contributed by atoms with E-state index >= 15 is 0 Å². The van der Waals surface area contributed by atoms with Crippen LogP contribution in [0.25, 0.3) is 10.1 Å². The Kier molecular flexibility index (Phi) is 3.12. The Hall–Kier alpha value is -0.570. The number of rotatable bonds is 3. The molecule has 0 radical (unpaired) electrons. The molecule has 0 atom stereocenters. The fourth-order valence-corrected chi connectivity index (χ4v) is 3.94. The van der Waals surface area contributed by atoms with Crippen molar-refractivity contribution in [2.24, 2.45) is 5.92 Å². The van der Waals surface area contributed by atoms with Gasteiger partial charge in [-0.1, -0.05) is 36.7 Å². The molecule has 3 heteroatoms. The van der Waals surface area contributed by atoms with Gasteiger partial charge in [0.15, 0.2) is 0 Å². The monoisotopic (exact) mass is 265 g/mol. The summed E-state index contributed by atoms with van der Waals surface area (Å²) in [6.07, 6.45) is 2.62. The summed E-state index contributed by atoms with van der Waals surface area (Å²) >= 11 is 8.21. The fourth-order valence-electron chi connectivity index (χ4n) is 2.48. The van der Waals surface area contributed by atoms with E-state index in [-0.39, 0.29) is 0 Å². The lowest BCUT2D eigenvalue weighted by molar-refractivity contribution is 0.241. The molecular weight excluding hydrogens is 250 g/mol. The number of fused-ring (bicyclic) bond motifs is 1. The lowest BCUT2D eigenvalue weighted by atomic mass is 9.82. The van der Waals surface area contributed by atoms with Gasteiger partial charge in [-0.25, -0.2) is 0 Å². The Morgan fingerprint density at radius 2 is 2.12 bits per heavy atom. The van der Waals surface area contributed by atoms with Crippen molar-refractivity contribution in [1.82, 2.24) is 5.32 Å². The third kappa shape index (κ3) is 2.22. The van der Waals surface area contributed by atoms with Gasteiger partial charge >= 0.3 is 0 Å². The SMILES string of the molecule is CC1CC(NCc2sc3ccccc3c2Cl)C1. The van der Waals surface area contributed by atoms with Crippen LogP contribution < -0.4 is 5.32 Å². The maximum absolute atomic E-state index is 6.40. The van der Waals surface area contributed by atoms with E-state index in [1.54, 1.807) is 11.3 Å². The van der Waals surface area contributed by atoms with Gasteiger partial charge in [0.2, 0.25) is 0 Å². The summed E-state index contributed by atoms with van der Waals surface area (Å²) < 4.78 is 1.29. The predicted molar refractivity (Wildman–Crippen MR) is 75.9 cm³/mol. The molecule has 90 valence electrons. The zero-order valence-corrected chi connectivity index (χ0v) is 11.4. The Morgan fingerprint density at radius 3 is 2.82 bits per heavy atom. The van der Waals surface area contributed by atoms with Crippen LogP contribution in [0.2, 0.25) is 5.02 Å². The minimum atomic E-state index is 0.700. The molecule has 1 aromatic carbocycles. The highest BCUT2D eigenvalue weighted by Gasteiger charge is 2.24. The van der Waals surface area contributed by atoms with Gasteiger partial charge in [0.1, 0.15) is 0 Å². The molecular formula is C14H16ClNS. The van der Waals surface area contributed by atoms with Gasteiger partial charge in [-0.15, -0.1) is 11.3 Å². The number of thiophene rings is 1. The topological polar surface area (TPSA) is 12.0 Å². The van der Waals surface area contributed by atoms with Gasteiger partial charge in [-0.3, -0.25) is 0 Å². The van der Waals surface area contributed by atoms with Crippen LogP contribution in [0.4, 0.5) is 0 Å². The molecule has 0 amide bonds. The predicted octanol–water partition coefficient (Wildman–Crippen LogP) is 4.44. The van der Waals surface area contributed by atoms with Crippen LogP contribution in [0, 0.1) is 5.92 Å². The van der Waals surface area contributed by atoms with E-state index in [2.05, 4.69) is 30.4 Å². The maximum Gasteiger partial charge on any atom is 0.0636 e. The van der Waals surface area contributed by atoms with Gasteiger partial charge in [-0.05, 0) is 24.8 Å². The minimum Gasteiger partial charge on any atom is -0.309 e. The van der Waals surface area contributed by atoms with Crippen LogP contribution in [0.5, 0.6) is 0 Å².